The molecule has 1 atom stereocenters. The molecule has 1 aromatic rings. The lowest BCUT2D eigenvalue weighted by molar-refractivity contribution is -0.125. The summed E-state index contributed by atoms with van der Waals surface area (Å²) in [6.45, 7) is 0. The van der Waals surface area contributed by atoms with Crippen LogP contribution in [0, 0.1) is 0 Å². The average molecular weight is 205 g/mol. The van der Waals surface area contributed by atoms with Gasteiger partial charge in [-0.25, -0.2) is 0 Å². The van der Waals surface area contributed by atoms with Crippen molar-refractivity contribution in [3.05, 3.63) is 29.8 Å². The highest BCUT2D eigenvalue weighted by atomic mass is 16.5. The van der Waals surface area contributed by atoms with E-state index in [-0.39, 0.29) is 24.2 Å². The lowest BCUT2D eigenvalue weighted by Crippen LogP contribution is -2.21. The van der Waals surface area contributed by atoms with Gasteiger partial charge in [-0.15, -0.1) is 0 Å². The highest BCUT2D eigenvalue weighted by molar-refractivity contribution is 6.06. The molecule has 1 aliphatic rings. The number of rotatable bonds is 2. The Morgan fingerprint density at radius 2 is 2.20 bits per heavy atom. The molecule has 0 bridgehead atoms. The minimum absolute atomic E-state index is 0.215. The number of carbonyl (C=O) groups excluding carboxylic acids is 2. The molecule has 1 N–H and O–H groups in total. The van der Waals surface area contributed by atoms with Crippen molar-refractivity contribution in [2.75, 3.05) is 7.11 Å². The zero-order chi connectivity index (χ0) is 10.8. The van der Waals surface area contributed by atoms with E-state index in [1.165, 1.54) is 0 Å². The molecule has 4 nitrogen and oxygen atoms in total. The third kappa shape index (κ3) is 1.83. The van der Waals surface area contributed by atoms with E-state index in [0.29, 0.717) is 5.75 Å². The van der Waals surface area contributed by atoms with Crippen molar-refractivity contribution in [2.24, 2.45) is 0 Å². The predicted molar refractivity (Wildman–Crippen MR) is 53.5 cm³/mol. The highest BCUT2D eigenvalue weighted by Gasteiger charge is 2.31. The highest BCUT2D eigenvalue weighted by Crippen LogP contribution is 2.26. The van der Waals surface area contributed by atoms with Crippen LogP contribution in [0.5, 0.6) is 5.75 Å². The summed E-state index contributed by atoms with van der Waals surface area (Å²) < 4.78 is 5.06. The molecule has 78 valence electrons. The Labute approximate surface area is 87.2 Å². The minimum atomic E-state index is -0.368. The molecule has 0 aliphatic carbocycles. The minimum Gasteiger partial charge on any atom is -0.497 e. The molecule has 0 radical (unpaired) electrons. The molecule has 1 aromatic carbocycles. The predicted octanol–water partition coefficient (Wildman–Crippen LogP) is 0.825. The molecule has 1 aliphatic heterocycles. The second kappa shape index (κ2) is 3.73. The quantitative estimate of drug-likeness (QED) is 0.727. The molecule has 2 amide bonds. The standard InChI is InChI=1S/C11H11NO3/c1-15-8-4-2-3-7(5-8)9-6-10(13)12-11(9)14/h2-5,9H,6H2,1H3,(H,12,13,14). The first-order chi connectivity index (χ1) is 7.20. The Bertz CT molecular complexity index is 414. The summed E-state index contributed by atoms with van der Waals surface area (Å²) in [6, 6.07) is 7.22. The van der Waals surface area contributed by atoms with E-state index >= 15 is 0 Å². The molecule has 4 heteroatoms. The van der Waals surface area contributed by atoms with Gasteiger partial charge in [0.1, 0.15) is 5.75 Å². The summed E-state index contributed by atoms with van der Waals surface area (Å²) in [5.74, 6) is -0.117. The number of hydrogen-bond donors (Lipinski definition) is 1. The number of imide groups is 1. The lowest BCUT2D eigenvalue weighted by Gasteiger charge is -2.07. The first kappa shape index (κ1) is 9.71. The molecule has 1 heterocycles. The first-order valence-electron chi connectivity index (χ1n) is 4.68. The van der Waals surface area contributed by atoms with Crippen molar-refractivity contribution in [1.29, 1.82) is 0 Å². The first-order valence-corrected chi connectivity index (χ1v) is 4.68. The summed E-state index contributed by atoms with van der Waals surface area (Å²) >= 11 is 0. The second-order valence-corrected chi connectivity index (χ2v) is 3.45. The number of hydrogen-bond acceptors (Lipinski definition) is 3. The van der Waals surface area contributed by atoms with Gasteiger partial charge in [0.15, 0.2) is 0 Å². The van der Waals surface area contributed by atoms with Crippen molar-refractivity contribution in [3.8, 4) is 5.75 Å². The van der Waals surface area contributed by atoms with Gasteiger partial charge in [0, 0.05) is 6.42 Å². The van der Waals surface area contributed by atoms with Crippen LogP contribution in [-0.4, -0.2) is 18.9 Å². The van der Waals surface area contributed by atoms with Crippen LogP contribution in [0.2, 0.25) is 0 Å². The van der Waals surface area contributed by atoms with Gasteiger partial charge in [-0.05, 0) is 17.7 Å². The van der Waals surface area contributed by atoms with Crippen molar-refractivity contribution < 1.29 is 14.3 Å². The molecule has 2 rings (SSSR count). The molecule has 15 heavy (non-hydrogen) atoms. The molecule has 0 saturated carbocycles. The van der Waals surface area contributed by atoms with Crippen LogP contribution in [0.1, 0.15) is 17.9 Å². The fraction of sp³-hybridized carbons (Fsp3) is 0.273. The Morgan fingerprint density at radius 3 is 2.80 bits per heavy atom. The lowest BCUT2D eigenvalue weighted by atomic mass is 9.97. The van der Waals surface area contributed by atoms with Gasteiger partial charge in [0.2, 0.25) is 11.8 Å². The van der Waals surface area contributed by atoms with Crippen molar-refractivity contribution in [1.82, 2.24) is 5.32 Å². The Morgan fingerprint density at radius 1 is 1.40 bits per heavy atom. The zero-order valence-electron chi connectivity index (χ0n) is 8.32. The van der Waals surface area contributed by atoms with Crippen molar-refractivity contribution >= 4 is 11.8 Å². The van der Waals surface area contributed by atoms with E-state index in [1.807, 2.05) is 12.1 Å². The number of methoxy groups -OCH3 is 1. The van der Waals surface area contributed by atoms with Gasteiger partial charge in [-0.3, -0.25) is 14.9 Å². The van der Waals surface area contributed by atoms with E-state index in [0.717, 1.165) is 5.56 Å². The van der Waals surface area contributed by atoms with Crippen LogP contribution in [0.25, 0.3) is 0 Å². The van der Waals surface area contributed by atoms with Crippen LogP contribution in [-0.2, 0) is 9.59 Å². The van der Waals surface area contributed by atoms with Crippen molar-refractivity contribution in [2.45, 2.75) is 12.3 Å². The molecular weight excluding hydrogens is 194 g/mol. The maximum Gasteiger partial charge on any atom is 0.234 e. The third-order valence-electron chi connectivity index (χ3n) is 2.46. The van der Waals surface area contributed by atoms with Gasteiger partial charge in [-0.2, -0.15) is 0 Å². The molecule has 1 saturated heterocycles. The second-order valence-electron chi connectivity index (χ2n) is 3.45. The van der Waals surface area contributed by atoms with E-state index < -0.39 is 0 Å². The van der Waals surface area contributed by atoms with Crippen LogP contribution in [0.3, 0.4) is 0 Å². The Hall–Kier alpha value is -1.84. The van der Waals surface area contributed by atoms with Gasteiger partial charge in [-0.1, -0.05) is 12.1 Å². The normalized spacial score (nSPS) is 20.2. The monoisotopic (exact) mass is 205 g/mol. The van der Waals surface area contributed by atoms with E-state index in [1.54, 1.807) is 19.2 Å². The number of ether oxygens (including phenoxy) is 1. The number of carbonyl (C=O) groups is 2. The van der Waals surface area contributed by atoms with Crippen LogP contribution >= 0.6 is 0 Å². The van der Waals surface area contributed by atoms with E-state index in [2.05, 4.69) is 5.32 Å². The summed E-state index contributed by atoms with van der Waals surface area (Å²) in [5.41, 5.74) is 0.817. The average Bonchev–Trinajstić information content (AvgIpc) is 2.58. The Kier molecular flexibility index (Phi) is 2.41. The van der Waals surface area contributed by atoms with Crippen LogP contribution < -0.4 is 10.1 Å². The van der Waals surface area contributed by atoms with Gasteiger partial charge in [0.25, 0.3) is 0 Å². The molecule has 0 spiro atoms. The van der Waals surface area contributed by atoms with Crippen LogP contribution in [0.4, 0.5) is 0 Å². The molecule has 1 unspecified atom stereocenters. The summed E-state index contributed by atoms with van der Waals surface area (Å²) in [7, 11) is 1.57. The van der Waals surface area contributed by atoms with Gasteiger partial charge >= 0.3 is 0 Å². The van der Waals surface area contributed by atoms with Crippen molar-refractivity contribution in [3.63, 3.8) is 0 Å². The SMILES string of the molecule is COc1cccc(C2CC(=O)NC2=O)c1. The summed E-state index contributed by atoms with van der Waals surface area (Å²) in [5, 5.41) is 2.28. The topological polar surface area (TPSA) is 55.4 Å². The Balaban J connectivity index is 2.29. The molecule has 1 fully saturated rings. The maximum absolute atomic E-state index is 11.4. The fourth-order valence-corrected chi connectivity index (χ4v) is 1.68. The van der Waals surface area contributed by atoms with Gasteiger partial charge in [0.05, 0.1) is 13.0 Å². The summed E-state index contributed by atoms with van der Waals surface area (Å²) in [4.78, 5) is 22.4. The number of amides is 2. The smallest absolute Gasteiger partial charge is 0.234 e. The largest absolute Gasteiger partial charge is 0.497 e. The number of benzene rings is 1. The van der Waals surface area contributed by atoms with E-state index in [9.17, 15) is 9.59 Å². The summed E-state index contributed by atoms with van der Waals surface area (Å²) in [6.07, 6.45) is 0.228. The molecule has 0 aromatic heterocycles. The fourth-order valence-electron chi connectivity index (χ4n) is 1.68. The third-order valence-corrected chi connectivity index (χ3v) is 2.46. The van der Waals surface area contributed by atoms with E-state index in [4.69, 9.17) is 4.74 Å². The maximum atomic E-state index is 11.4. The van der Waals surface area contributed by atoms with Crippen LogP contribution in [0.15, 0.2) is 24.3 Å². The van der Waals surface area contributed by atoms with Gasteiger partial charge < -0.3 is 4.74 Å². The molecular formula is C11H11NO3. The zero-order valence-corrected chi connectivity index (χ0v) is 8.32. The number of nitrogens with one attached hydrogen (secondary N) is 1.